The molecule has 2 nitrogen and oxygen atoms in total. The molecule has 2 rings (SSSR count). The lowest BCUT2D eigenvalue weighted by Gasteiger charge is -2.35. The second-order valence-electron chi connectivity index (χ2n) is 5.25. The van der Waals surface area contributed by atoms with Crippen LogP contribution >= 0.6 is 0 Å². The second kappa shape index (κ2) is 5.82. The summed E-state index contributed by atoms with van der Waals surface area (Å²) in [7, 11) is 0. The molecule has 0 aromatic heterocycles. The van der Waals surface area contributed by atoms with E-state index in [4.69, 9.17) is 10.5 Å². The van der Waals surface area contributed by atoms with Gasteiger partial charge in [-0.3, -0.25) is 0 Å². The first-order valence-corrected chi connectivity index (χ1v) is 6.54. The standard InChI is InChI=1S/C14H18F3NO/c15-10-6-11(16)13(12(17)7-10)19-9-14(8-18)4-2-1-3-5-14/h6-7H,1-5,8-9,18H2. The van der Waals surface area contributed by atoms with Crippen LogP contribution in [-0.4, -0.2) is 13.2 Å². The van der Waals surface area contributed by atoms with Crippen molar-refractivity contribution in [2.24, 2.45) is 11.1 Å². The maximum atomic E-state index is 13.5. The Morgan fingerprint density at radius 3 is 2.16 bits per heavy atom. The lowest BCUT2D eigenvalue weighted by atomic mass is 9.75. The van der Waals surface area contributed by atoms with E-state index in [2.05, 4.69) is 0 Å². The Hall–Kier alpha value is -1.23. The third kappa shape index (κ3) is 3.21. The molecule has 19 heavy (non-hydrogen) atoms. The highest BCUT2D eigenvalue weighted by atomic mass is 19.1. The van der Waals surface area contributed by atoms with E-state index >= 15 is 0 Å². The maximum Gasteiger partial charge on any atom is 0.190 e. The molecule has 0 bridgehead atoms. The fourth-order valence-corrected chi connectivity index (χ4v) is 2.60. The number of rotatable bonds is 4. The van der Waals surface area contributed by atoms with Gasteiger partial charge in [0.25, 0.3) is 0 Å². The molecule has 0 radical (unpaired) electrons. The number of nitrogens with two attached hydrogens (primary N) is 1. The summed E-state index contributed by atoms with van der Waals surface area (Å²) in [6.07, 6.45) is 5.05. The van der Waals surface area contributed by atoms with E-state index in [1.54, 1.807) is 0 Å². The average molecular weight is 273 g/mol. The van der Waals surface area contributed by atoms with Gasteiger partial charge in [-0.2, -0.15) is 0 Å². The van der Waals surface area contributed by atoms with E-state index in [9.17, 15) is 13.2 Å². The molecule has 0 saturated heterocycles. The molecule has 0 aliphatic heterocycles. The third-order valence-electron chi connectivity index (χ3n) is 3.83. The topological polar surface area (TPSA) is 35.2 Å². The Labute approximate surface area is 110 Å². The Morgan fingerprint density at radius 1 is 1.05 bits per heavy atom. The molecule has 106 valence electrons. The molecule has 1 fully saturated rings. The zero-order valence-electron chi connectivity index (χ0n) is 10.7. The summed E-state index contributed by atoms with van der Waals surface area (Å²) in [5.74, 6) is -3.49. The first-order valence-electron chi connectivity index (χ1n) is 6.54. The molecule has 0 heterocycles. The van der Waals surface area contributed by atoms with Gasteiger partial charge in [-0.05, 0) is 12.8 Å². The molecular weight excluding hydrogens is 255 g/mol. The van der Waals surface area contributed by atoms with Gasteiger partial charge < -0.3 is 10.5 Å². The maximum absolute atomic E-state index is 13.5. The summed E-state index contributed by atoms with van der Waals surface area (Å²) in [6.45, 7) is 0.598. The molecule has 1 aromatic rings. The van der Waals surface area contributed by atoms with E-state index in [0.29, 0.717) is 18.7 Å². The van der Waals surface area contributed by atoms with Crippen molar-refractivity contribution >= 4 is 0 Å². The number of hydrogen-bond donors (Lipinski definition) is 1. The molecule has 1 aromatic carbocycles. The normalized spacial score (nSPS) is 18.3. The van der Waals surface area contributed by atoms with Crippen molar-refractivity contribution in [3.8, 4) is 5.75 Å². The average Bonchev–Trinajstić information content (AvgIpc) is 2.38. The van der Waals surface area contributed by atoms with Gasteiger partial charge in [-0.25, -0.2) is 13.2 Å². The van der Waals surface area contributed by atoms with Gasteiger partial charge >= 0.3 is 0 Å². The quantitative estimate of drug-likeness (QED) is 0.912. The van der Waals surface area contributed by atoms with Gasteiger partial charge in [0, 0.05) is 24.1 Å². The minimum absolute atomic E-state index is 0.170. The van der Waals surface area contributed by atoms with E-state index in [0.717, 1.165) is 32.1 Å². The van der Waals surface area contributed by atoms with Crippen molar-refractivity contribution in [1.82, 2.24) is 0 Å². The van der Waals surface area contributed by atoms with Crippen molar-refractivity contribution in [2.45, 2.75) is 32.1 Å². The van der Waals surface area contributed by atoms with Crippen molar-refractivity contribution in [3.05, 3.63) is 29.6 Å². The molecule has 5 heteroatoms. The predicted molar refractivity (Wildman–Crippen MR) is 66.4 cm³/mol. The molecule has 1 aliphatic carbocycles. The lowest BCUT2D eigenvalue weighted by molar-refractivity contribution is 0.0989. The van der Waals surface area contributed by atoms with Crippen LogP contribution in [0.2, 0.25) is 0 Å². The van der Waals surface area contributed by atoms with Crippen LogP contribution in [0, 0.1) is 22.9 Å². The molecule has 1 aliphatic rings. The number of ether oxygens (including phenoxy) is 1. The molecule has 0 unspecified atom stereocenters. The van der Waals surface area contributed by atoms with Crippen LogP contribution in [-0.2, 0) is 0 Å². The van der Waals surface area contributed by atoms with Gasteiger partial charge in [-0.1, -0.05) is 19.3 Å². The smallest absolute Gasteiger partial charge is 0.190 e. The van der Waals surface area contributed by atoms with Crippen molar-refractivity contribution in [1.29, 1.82) is 0 Å². The Bertz CT molecular complexity index is 421. The van der Waals surface area contributed by atoms with Gasteiger partial charge in [-0.15, -0.1) is 0 Å². The van der Waals surface area contributed by atoms with E-state index in [-0.39, 0.29) is 12.0 Å². The molecule has 0 amide bonds. The van der Waals surface area contributed by atoms with Gasteiger partial charge in [0.2, 0.25) is 0 Å². The summed E-state index contributed by atoms with van der Waals surface area (Å²) in [5, 5.41) is 0. The minimum atomic E-state index is -1.01. The lowest BCUT2D eigenvalue weighted by Crippen LogP contribution is -2.38. The van der Waals surface area contributed by atoms with Crippen LogP contribution in [0.25, 0.3) is 0 Å². The SMILES string of the molecule is NCC1(COc2c(F)cc(F)cc2F)CCCCC1. The molecule has 0 spiro atoms. The minimum Gasteiger partial charge on any atom is -0.487 e. The molecule has 2 N–H and O–H groups in total. The molecular formula is C14H18F3NO. The van der Waals surface area contributed by atoms with Crippen LogP contribution < -0.4 is 10.5 Å². The van der Waals surface area contributed by atoms with Gasteiger partial charge in [0.15, 0.2) is 17.4 Å². The Balaban J connectivity index is 2.09. The number of halogens is 3. The highest BCUT2D eigenvalue weighted by Gasteiger charge is 2.32. The summed E-state index contributed by atoms with van der Waals surface area (Å²) >= 11 is 0. The van der Waals surface area contributed by atoms with Crippen molar-refractivity contribution in [2.75, 3.05) is 13.2 Å². The Morgan fingerprint density at radius 2 is 1.63 bits per heavy atom. The van der Waals surface area contributed by atoms with Crippen LogP contribution in [0.4, 0.5) is 13.2 Å². The monoisotopic (exact) mass is 273 g/mol. The first-order chi connectivity index (χ1) is 9.06. The number of hydrogen-bond acceptors (Lipinski definition) is 2. The van der Waals surface area contributed by atoms with E-state index in [1.165, 1.54) is 0 Å². The molecule has 0 atom stereocenters. The van der Waals surface area contributed by atoms with Crippen LogP contribution in [0.15, 0.2) is 12.1 Å². The van der Waals surface area contributed by atoms with Crippen LogP contribution in [0.3, 0.4) is 0 Å². The largest absolute Gasteiger partial charge is 0.487 e. The summed E-state index contributed by atoms with van der Waals surface area (Å²) in [5.41, 5.74) is 5.56. The summed E-state index contributed by atoms with van der Waals surface area (Å²) < 4.78 is 45.0. The molecule has 1 saturated carbocycles. The highest BCUT2D eigenvalue weighted by Crippen LogP contribution is 2.36. The fraction of sp³-hybridized carbons (Fsp3) is 0.571. The van der Waals surface area contributed by atoms with Gasteiger partial charge in [0.1, 0.15) is 5.82 Å². The summed E-state index contributed by atoms with van der Waals surface area (Å²) in [4.78, 5) is 0. The zero-order valence-corrected chi connectivity index (χ0v) is 10.7. The fourth-order valence-electron chi connectivity index (χ4n) is 2.60. The zero-order chi connectivity index (χ0) is 13.9. The van der Waals surface area contributed by atoms with Crippen LogP contribution in [0.1, 0.15) is 32.1 Å². The van der Waals surface area contributed by atoms with Crippen molar-refractivity contribution < 1.29 is 17.9 Å². The van der Waals surface area contributed by atoms with Crippen molar-refractivity contribution in [3.63, 3.8) is 0 Å². The predicted octanol–water partition coefficient (Wildman–Crippen LogP) is 3.39. The number of benzene rings is 1. The van der Waals surface area contributed by atoms with E-state index < -0.39 is 23.2 Å². The Kier molecular flexibility index (Phi) is 4.34. The van der Waals surface area contributed by atoms with Gasteiger partial charge in [0.05, 0.1) is 6.61 Å². The third-order valence-corrected chi connectivity index (χ3v) is 3.83. The van der Waals surface area contributed by atoms with E-state index in [1.807, 2.05) is 0 Å². The second-order valence-corrected chi connectivity index (χ2v) is 5.25. The first kappa shape index (κ1) is 14.2. The van der Waals surface area contributed by atoms with Crippen LogP contribution in [0.5, 0.6) is 5.75 Å². The summed E-state index contributed by atoms with van der Waals surface area (Å²) in [6, 6.07) is 1.24. The highest BCUT2D eigenvalue weighted by molar-refractivity contribution is 5.27.